The first kappa shape index (κ1) is 12.5. The lowest BCUT2D eigenvalue weighted by Gasteiger charge is -2.42. The molecule has 1 aromatic carbocycles. The van der Waals surface area contributed by atoms with E-state index < -0.39 is 9.84 Å². The Morgan fingerprint density at radius 3 is 3.00 bits per heavy atom. The minimum atomic E-state index is -2.95. The fourth-order valence-electron chi connectivity index (χ4n) is 2.52. The van der Waals surface area contributed by atoms with Crippen molar-refractivity contribution in [3.05, 3.63) is 21.5 Å². The van der Waals surface area contributed by atoms with Crippen molar-refractivity contribution in [2.45, 2.75) is 6.04 Å². The third kappa shape index (κ3) is 2.07. The highest BCUT2D eigenvalue weighted by Gasteiger charge is 2.35. The number of nitrogens with zero attached hydrogens (tertiary/aromatic N) is 1. The maximum absolute atomic E-state index is 13.6. The van der Waals surface area contributed by atoms with E-state index in [2.05, 4.69) is 5.32 Å². The highest BCUT2D eigenvalue weighted by atomic mass is 127. The van der Waals surface area contributed by atoms with Gasteiger partial charge in [-0.15, -0.1) is 0 Å². The maximum atomic E-state index is 13.6. The van der Waals surface area contributed by atoms with Gasteiger partial charge in [0.1, 0.15) is 5.82 Å². The van der Waals surface area contributed by atoms with Crippen molar-refractivity contribution < 1.29 is 12.8 Å². The lowest BCUT2D eigenvalue weighted by atomic mass is 10.1. The molecule has 1 aromatic rings. The summed E-state index contributed by atoms with van der Waals surface area (Å²) >= 11 is 1.95. The molecule has 0 amide bonds. The van der Waals surface area contributed by atoms with Gasteiger partial charge in [0.25, 0.3) is 0 Å². The monoisotopic (exact) mass is 382 g/mol. The van der Waals surface area contributed by atoms with Gasteiger partial charge >= 0.3 is 0 Å². The van der Waals surface area contributed by atoms with Gasteiger partial charge in [0.15, 0.2) is 9.84 Å². The molecular formula is C11H12FIN2O2S. The van der Waals surface area contributed by atoms with Crippen molar-refractivity contribution in [2.24, 2.45) is 0 Å². The average molecular weight is 382 g/mol. The lowest BCUT2D eigenvalue weighted by Crippen LogP contribution is -2.54. The number of hydrogen-bond acceptors (Lipinski definition) is 4. The van der Waals surface area contributed by atoms with Crippen molar-refractivity contribution in [1.29, 1.82) is 0 Å². The molecule has 98 valence electrons. The zero-order valence-electron chi connectivity index (χ0n) is 9.49. The summed E-state index contributed by atoms with van der Waals surface area (Å²) in [6, 6.07) is 3.18. The molecule has 4 nitrogen and oxygen atoms in total. The number of hydrogen-bond donors (Lipinski definition) is 1. The van der Waals surface area contributed by atoms with Gasteiger partial charge in [-0.2, -0.15) is 0 Å². The van der Waals surface area contributed by atoms with Gasteiger partial charge in [-0.05, 0) is 28.7 Å². The van der Waals surface area contributed by atoms with Crippen molar-refractivity contribution >= 4 is 43.8 Å². The van der Waals surface area contributed by atoms with Crippen LogP contribution in [0.5, 0.6) is 0 Å². The molecule has 0 aromatic heterocycles. The molecule has 2 aliphatic heterocycles. The van der Waals surface area contributed by atoms with E-state index in [1.54, 1.807) is 6.07 Å². The fourth-order valence-corrected chi connectivity index (χ4v) is 4.51. The molecule has 0 radical (unpaired) electrons. The standard InChI is InChI=1S/C11H12FIN2O2S/c12-8-3-11-10(4-9(8)13)14-5-7-6-18(16,17)2-1-15(7)11/h3-4,7,14H,1-2,5-6H2. The summed E-state index contributed by atoms with van der Waals surface area (Å²) in [6.07, 6.45) is 0. The first-order valence-electron chi connectivity index (χ1n) is 5.66. The molecule has 7 heteroatoms. The highest BCUT2D eigenvalue weighted by Crippen LogP contribution is 2.35. The predicted molar refractivity (Wildman–Crippen MR) is 77.4 cm³/mol. The summed E-state index contributed by atoms with van der Waals surface area (Å²) in [7, 11) is -2.95. The summed E-state index contributed by atoms with van der Waals surface area (Å²) in [5, 5.41) is 3.19. The van der Waals surface area contributed by atoms with E-state index in [4.69, 9.17) is 0 Å². The van der Waals surface area contributed by atoms with Gasteiger partial charge in [0.2, 0.25) is 0 Å². The van der Waals surface area contributed by atoms with Crippen molar-refractivity contribution in [1.82, 2.24) is 0 Å². The van der Waals surface area contributed by atoms with E-state index in [1.807, 2.05) is 27.5 Å². The zero-order chi connectivity index (χ0) is 12.9. The molecule has 0 spiro atoms. The van der Waals surface area contributed by atoms with Crippen LogP contribution in [0.3, 0.4) is 0 Å². The maximum Gasteiger partial charge on any atom is 0.154 e. The van der Waals surface area contributed by atoms with E-state index in [0.717, 1.165) is 11.4 Å². The molecular weight excluding hydrogens is 370 g/mol. The molecule has 3 rings (SSSR count). The van der Waals surface area contributed by atoms with Gasteiger partial charge < -0.3 is 10.2 Å². The second-order valence-electron chi connectivity index (χ2n) is 4.63. The molecule has 1 atom stereocenters. The van der Waals surface area contributed by atoms with Crippen molar-refractivity contribution in [3.63, 3.8) is 0 Å². The minimum Gasteiger partial charge on any atom is -0.381 e. The van der Waals surface area contributed by atoms with Crippen LogP contribution in [0.1, 0.15) is 0 Å². The van der Waals surface area contributed by atoms with Gasteiger partial charge in [-0.1, -0.05) is 0 Å². The summed E-state index contributed by atoms with van der Waals surface area (Å²) in [4.78, 5) is 2.01. The van der Waals surface area contributed by atoms with E-state index in [-0.39, 0.29) is 23.4 Å². The summed E-state index contributed by atoms with van der Waals surface area (Å²) < 4.78 is 37.4. The number of benzene rings is 1. The van der Waals surface area contributed by atoms with Gasteiger partial charge in [0, 0.05) is 19.2 Å². The SMILES string of the molecule is O=S1(=O)CCN2c3cc(F)c(I)cc3NCC2C1. The zero-order valence-corrected chi connectivity index (χ0v) is 12.5. The van der Waals surface area contributed by atoms with E-state index in [0.29, 0.717) is 16.7 Å². The van der Waals surface area contributed by atoms with E-state index >= 15 is 0 Å². The number of sulfone groups is 1. The molecule has 0 aliphatic carbocycles. The quantitative estimate of drug-likeness (QED) is 0.691. The number of halogens is 2. The van der Waals surface area contributed by atoms with Crippen LogP contribution >= 0.6 is 22.6 Å². The van der Waals surface area contributed by atoms with E-state index in [9.17, 15) is 12.8 Å². The Morgan fingerprint density at radius 1 is 1.44 bits per heavy atom. The smallest absolute Gasteiger partial charge is 0.154 e. The second-order valence-corrected chi connectivity index (χ2v) is 8.02. The van der Waals surface area contributed by atoms with Crippen molar-refractivity contribution in [2.75, 3.05) is 34.8 Å². The third-order valence-electron chi connectivity index (χ3n) is 3.41. The predicted octanol–water partition coefficient (Wildman–Crippen LogP) is 1.46. The fraction of sp³-hybridized carbons (Fsp3) is 0.455. The number of fused-ring (bicyclic) bond motifs is 3. The van der Waals surface area contributed by atoms with Crippen LogP contribution in [0.4, 0.5) is 15.8 Å². The number of rotatable bonds is 0. The molecule has 1 saturated heterocycles. The Labute approximate surface area is 119 Å². The first-order valence-corrected chi connectivity index (χ1v) is 8.56. The van der Waals surface area contributed by atoms with Gasteiger partial charge in [-0.25, -0.2) is 12.8 Å². The molecule has 0 bridgehead atoms. The third-order valence-corrected chi connectivity index (χ3v) is 5.93. The topological polar surface area (TPSA) is 49.4 Å². The number of anilines is 2. The van der Waals surface area contributed by atoms with Gasteiger partial charge in [-0.3, -0.25) is 0 Å². The molecule has 18 heavy (non-hydrogen) atoms. The van der Waals surface area contributed by atoms with Gasteiger partial charge in [0.05, 0.1) is 32.5 Å². The second kappa shape index (κ2) is 4.22. The van der Waals surface area contributed by atoms with Crippen LogP contribution in [-0.4, -0.2) is 39.1 Å². The Kier molecular flexibility index (Phi) is 2.92. The summed E-state index contributed by atoms with van der Waals surface area (Å²) in [6.45, 7) is 1.04. The molecule has 2 heterocycles. The van der Waals surface area contributed by atoms with Crippen molar-refractivity contribution in [3.8, 4) is 0 Å². The average Bonchev–Trinajstić information content (AvgIpc) is 2.29. The lowest BCUT2D eigenvalue weighted by molar-refractivity contribution is 0.557. The summed E-state index contributed by atoms with van der Waals surface area (Å²) in [5.74, 6) is 0.0362. The molecule has 1 N–H and O–H groups in total. The Hall–Kier alpha value is -0.570. The minimum absolute atomic E-state index is 0.0873. The molecule has 1 fully saturated rings. The van der Waals surface area contributed by atoms with Crippen LogP contribution in [0.2, 0.25) is 0 Å². The van der Waals surface area contributed by atoms with Crippen LogP contribution in [-0.2, 0) is 9.84 Å². The van der Waals surface area contributed by atoms with E-state index in [1.165, 1.54) is 6.07 Å². The normalized spacial score (nSPS) is 25.0. The molecule has 0 saturated carbocycles. The number of nitrogens with one attached hydrogen (secondary N) is 1. The summed E-state index contributed by atoms with van der Waals surface area (Å²) in [5.41, 5.74) is 1.66. The Balaban J connectivity index is 2.01. The Morgan fingerprint density at radius 2 is 2.22 bits per heavy atom. The largest absolute Gasteiger partial charge is 0.381 e. The first-order chi connectivity index (χ1) is 8.46. The van der Waals surface area contributed by atoms with Crippen LogP contribution in [0, 0.1) is 9.39 Å². The van der Waals surface area contributed by atoms with Crippen LogP contribution < -0.4 is 10.2 Å². The van der Waals surface area contributed by atoms with Crippen LogP contribution in [0.25, 0.3) is 0 Å². The van der Waals surface area contributed by atoms with Crippen LogP contribution in [0.15, 0.2) is 12.1 Å². The molecule has 1 unspecified atom stereocenters. The Bertz CT molecular complexity index is 605. The molecule has 2 aliphatic rings. The highest BCUT2D eigenvalue weighted by molar-refractivity contribution is 14.1.